The van der Waals surface area contributed by atoms with Gasteiger partial charge in [-0.1, -0.05) is 48.5 Å². The molecule has 0 bridgehead atoms. The van der Waals surface area contributed by atoms with Crippen LogP contribution in [0.3, 0.4) is 0 Å². The van der Waals surface area contributed by atoms with Gasteiger partial charge in [0.2, 0.25) is 0 Å². The van der Waals surface area contributed by atoms with Crippen LogP contribution in [0.2, 0.25) is 0 Å². The third-order valence-corrected chi connectivity index (χ3v) is 6.50. The second-order valence-corrected chi connectivity index (χ2v) is 8.05. The van der Waals surface area contributed by atoms with E-state index in [1.54, 1.807) is 6.07 Å². The Labute approximate surface area is 169 Å². The van der Waals surface area contributed by atoms with Crippen LogP contribution in [0.1, 0.15) is 32.3 Å². The van der Waals surface area contributed by atoms with Crippen molar-refractivity contribution in [2.45, 2.75) is 16.3 Å². The smallest absolute Gasteiger partial charge is 0.354 e. The molecule has 1 N–H and O–H groups in total. The first-order valence-corrected chi connectivity index (χ1v) is 9.89. The number of carbonyl (C=O) groups is 1. The molecule has 0 saturated carbocycles. The Morgan fingerprint density at radius 2 is 1.48 bits per heavy atom. The lowest BCUT2D eigenvalue weighted by molar-refractivity contribution is -0.137. The molecule has 5 rings (SSSR count). The summed E-state index contributed by atoms with van der Waals surface area (Å²) in [5.41, 5.74) is 3.58. The van der Waals surface area contributed by atoms with Gasteiger partial charge in [-0.25, -0.2) is 0 Å². The van der Waals surface area contributed by atoms with E-state index in [1.807, 2.05) is 42.5 Å². The zero-order valence-electron chi connectivity index (χ0n) is 15.0. The van der Waals surface area contributed by atoms with Crippen LogP contribution < -0.4 is 5.32 Å². The molecule has 0 spiro atoms. The van der Waals surface area contributed by atoms with Gasteiger partial charge in [-0.05, 0) is 29.8 Å². The average molecular weight is 409 g/mol. The van der Waals surface area contributed by atoms with Gasteiger partial charge in [0.15, 0.2) is 5.78 Å². The molecule has 29 heavy (non-hydrogen) atoms. The molecule has 1 atom stereocenters. The highest BCUT2D eigenvalue weighted by molar-refractivity contribution is 8.00. The van der Waals surface area contributed by atoms with Crippen molar-refractivity contribution in [3.05, 3.63) is 101 Å². The van der Waals surface area contributed by atoms with Gasteiger partial charge in [-0.3, -0.25) is 4.79 Å². The van der Waals surface area contributed by atoms with Crippen LogP contribution in [-0.4, -0.2) is 5.78 Å². The Bertz CT molecular complexity index is 1170. The third-order valence-electron chi connectivity index (χ3n) is 5.15. The van der Waals surface area contributed by atoms with E-state index in [9.17, 15) is 18.0 Å². The van der Waals surface area contributed by atoms with Gasteiger partial charge in [-0.15, -0.1) is 11.8 Å². The molecule has 2 aliphatic rings. The Morgan fingerprint density at radius 3 is 2.21 bits per heavy atom. The molecule has 0 amide bonds. The van der Waals surface area contributed by atoms with Crippen LogP contribution >= 0.6 is 11.8 Å². The molecule has 3 aromatic carbocycles. The monoisotopic (exact) mass is 409 g/mol. The maximum absolute atomic E-state index is 13.3. The van der Waals surface area contributed by atoms with E-state index >= 15 is 0 Å². The molecular formula is C23H14F3NOS. The first-order chi connectivity index (χ1) is 13.9. The molecule has 0 unspecified atom stereocenters. The van der Waals surface area contributed by atoms with Crippen LogP contribution in [0.15, 0.2) is 83.3 Å². The number of hydrogen-bond donors (Lipinski definition) is 1. The molecule has 1 heterocycles. The summed E-state index contributed by atoms with van der Waals surface area (Å²) < 4.78 is 39.0. The fraction of sp³-hybridized carbons (Fsp3) is 0.0870. The zero-order valence-corrected chi connectivity index (χ0v) is 15.8. The van der Waals surface area contributed by atoms with E-state index in [-0.39, 0.29) is 5.78 Å². The minimum atomic E-state index is -4.40. The number of thioether (sulfide) groups is 1. The first kappa shape index (κ1) is 18.1. The van der Waals surface area contributed by atoms with Crippen molar-refractivity contribution in [2.75, 3.05) is 5.32 Å². The van der Waals surface area contributed by atoms with Gasteiger partial charge >= 0.3 is 6.18 Å². The van der Waals surface area contributed by atoms with Crippen molar-refractivity contribution < 1.29 is 18.0 Å². The van der Waals surface area contributed by atoms with Crippen molar-refractivity contribution in [1.29, 1.82) is 0 Å². The van der Waals surface area contributed by atoms with E-state index in [4.69, 9.17) is 0 Å². The van der Waals surface area contributed by atoms with Crippen molar-refractivity contribution >= 4 is 28.9 Å². The van der Waals surface area contributed by atoms with E-state index in [0.29, 0.717) is 16.7 Å². The Kier molecular flexibility index (Phi) is 4.06. The van der Waals surface area contributed by atoms with Gasteiger partial charge in [0.1, 0.15) is 0 Å². The van der Waals surface area contributed by atoms with E-state index in [2.05, 4.69) is 5.32 Å². The number of para-hydroxylation sites is 1. The lowest BCUT2D eigenvalue weighted by atomic mass is 9.99. The number of benzene rings is 3. The number of rotatable bonds is 1. The van der Waals surface area contributed by atoms with E-state index in [1.165, 1.54) is 23.9 Å². The molecule has 0 fully saturated rings. The van der Waals surface area contributed by atoms with Gasteiger partial charge in [0, 0.05) is 21.6 Å². The molecule has 0 saturated heterocycles. The summed E-state index contributed by atoms with van der Waals surface area (Å²) in [5, 5.41) is 2.99. The fourth-order valence-electron chi connectivity index (χ4n) is 3.76. The number of fused-ring (bicyclic) bond motifs is 3. The van der Waals surface area contributed by atoms with Crippen molar-refractivity contribution in [3.63, 3.8) is 0 Å². The number of carbonyl (C=O) groups excluding carboxylic acids is 1. The van der Waals surface area contributed by atoms with Gasteiger partial charge < -0.3 is 5.32 Å². The predicted molar refractivity (Wildman–Crippen MR) is 108 cm³/mol. The molecule has 2 nitrogen and oxygen atoms in total. The molecular weight excluding hydrogens is 395 g/mol. The molecule has 1 aliphatic heterocycles. The molecule has 0 radical (unpaired) electrons. The first-order valence-electron chi connectivity index (χ1n) is 9.01. The Morgan fingerprint density at radius 1 is 0.828 bits per heavy atom. The minimum absolute atomic E-state index is 0.0895. The Balaban J connectivity index is 1.68. The number of hydrogen-bond acceptors (Lipinski definition) is 3. The molecule has 6 heteroatoms. The summed E-state index contributed by atoms with van der Waals surface area (Å²) in [5.74, 6) is -0.0895. The number of ketones is 1. The molecule has 0 aromatic heterocycles. The van der Waals surface area contributed by atoms with Gasteiger partial charge in [0.25, 0.3) is 0 Å². The van der Waals surface area contributed by atoms with Crippen LogP contribution in [0.25, 0.3) is 5.70 Å². The van der Waals surface area contributed by atoms with E-state index in [0.717, 1.165) is 34.0 Å². The van der Waals surface area contributed by atoms with Crippen LogP contribution in [0, 0.1) is 0 Å². The number of nitrogens with one attached hydrogen (secondary N) is 1. The second kappa shape index (κ2) is 6.52. The van der Waals surface area contributed by atoms with Crippen molar-refractivity contribution in [2.24, 2.45) is 0 Å². The normalized spacial score (nSPS) is 17.9. The highest BCUT2D eigenvalue weighted by Crippen LogP contribution is 2.52. The molecule has 144 valence electrons. The minimum Gasteiger partial charge on any atom is -0.354 e. The lowest BCUT2D eigenvalue weighted by Gasteiger charge is -2.18. The average Bonchev–Trinajstić information content (AvgIpc) is 2.88. The summed E-state index contributed by atoms with van der Waals surface area (Å²) in [7, 11) is 0. The number of halogens is 3. The summed E-state index contributed by atoms with van der Waals surface area (Å²) in [4.78, 5) is 14.2. The quantitative estimate of drug-likeness (QED) is 0.493. The number of Topliss-reactive ketones (excluding diaryl/α,β-unsaturated/α-hetero) is 1. The van der Waals surface area contributed by atoms with Gasteiger partial charge in [-0.2, -0.15) is 13.2 Å². The standard InChI is InChI=1S/C23H14F3NOS/c24-23(25,26)14-11-9-13(10-12-14)22-19-20(15-5-1-2-6-16(15)21(19)28)27-17-7-3-4-8-18(17)29-22/h1-12,22,27H/t22-/m1/s1. The highest BCUT2D eigenvalue weighted by atomic mass is 32.2. The number of anilines is 1. The topological polar surface area (TPSA) is 29.1 Å². The number of alkyl halides is 3. The van der Waals surface area contributed by atoms with Gasteiger partial charge in [0.05, 0.1) is 22.2 Å². The summed E-state index contributed by atoms with van der Waals surface area (Å²) in [6, 6.07) is 20.2. The third kappa shape index (κ3) is 2.95. The van der Waals surface area contributed by atoms with Crippen LogP contribution in [0.5, 0.6) is 0 Å². The zero-order chi connectivity index (χ0) is 20.2. The SMILES string of the molecule is O=C1C2=C(Nc3ccccc3S[C@@H]2c2ccc(C(F)(F)F)cc2)c2ccccc21. The largest absolute Gasteiger partial charge is 0.416 e. The summed E-state index contributed by atoms with van der Waals surface area (Å²) in [6.07, 6.45) is -4.40. The van der Waals surface area contributed by atoms with E-state index < -0.39 is 17.0 Å². The van der Waals surface area contributed by atoms with Crippen molar-refractivity contribution in [3.8, 4) is 0 Å². The maximum Gasteiger partial charge on any atom is 0.416 e. The lowest BCUT2D eigenvalue weighted by Crippen LogP contribution is -2.09. The van der Waals surface area contributed by atoms with Crippen molar-refractivity contribution in [1.82, 2.24) is 0 Å². The fourth-order valence-corrected chi connectivity index (χ4v) is 5.06. The Hall–Kier alpha value is -2.99. The highest BCUT2D eigenvalue weighted by Gasteiger charge is 2.38. The molecule has 3 aromatic rings. The predicted octanol–water partition coefficient (Wildman–Crippen LogP) is 6.57. The summed E-state index contributed by atoms with van der Waals surface area (Å²) in [6.45, 7) is 0. The van der Waals surface area contributed by atoms with Crippen LogP contribution in [-0.2, 0) is 6.18 Å². The second-order valence-electron chi connectivity index (χ2n) is 6.90. The van der Waals surface area contributed by atoms with Crippen LogP contribution in [0.4, 0.5) is 18.9 Å². The molecule has 1 aliphatic carbocycles. The summed E-state index contributed by atoms with van der Waals surface area (Å²) >= 11 is 1.47. The maximum atomic E-state index is 13.3.